The molecule has 8 heteroatoms. The number of aromatic nitrogens is 2. The molecule has 1 atom stereocenters. The van der Waals surface area contributed by atoms with E-state index in [0.717, 1.165) is 31.7 Å². The van der Waals surface area contributed by atoms with E-state index in [0.29, 0.717) is 32.3 Å². The SMILES string of the molecule is CCn1cc(CN(CCOC)C(=O)NCC2CN(C)CCN2C)cn1. The molecule has 1 fully saturated rings. The minimum Gasteiger partial charge on any atom is -0.383 e. The van der Waals surface area contributed by atoms with E-state index in [-0.39, 0.29) is 6.03 Å². The highest BCUT2D eigenvalue weighted by atomic mass is 16.5. The molecule has 2 amide bonds. The number of nitrogens with zero attached hydrogens (tertiary/aromatic N) is 5. The Labute approximate surface area is 150 Å². The van der Waals surface area contributed by atoms with Gasteiger partial charge < -0.3 is 19.9 Å². The Kier molecular flexibility index (Phi) is 7.67. The van der Waals surface area contributed by atoms with Crippen molar-refractivity contribution in [1.82, 2.24) is 29.8 Å². The largest absolute Gasteiger partial charge is 0.383 e. The van der Waals surface area contributed by atoms with Gasteiger partial charge in [-0.15, -0.1) is 0 Å². The molecule has 0 aliphatic carbocycles. The molecular formula is C17H32N6O2. The van der Waals surface area contributed by atoms with Gasteiger partial charge in [0.25, 0.3) is 0 Å². The number of likely N-dealkylation sites (N-methyl/N-ethyl adjacent to an activating group) is 2. The van der Waals surface area contributed by atoms with Crippen molar-refractivity contribution in [2.45, 2.75) is 26.1 Å². The Bertz CT molecular complexity index is 535. The van der Waals surface area contributed by atoms with E-state index in [4.69, 9.17) is 4.74 Å². The van der Waals surface area contributed by atoms with E-state index in [1.807, 2.05) is 24.0 Å². The summed E-state index contributed by atoms with van der Waals surface area (Å²) in [6.07, 6.45) is 3.80. The van der Waals surface area contributed by atoms with Crippen molar-refractivity contribution in [2.75, 3.05) is 60.5 Å². The normalized spacial score (nSPS) is 19.1. The fourth-order valence-electron chi connectivity index (χ4n) is 2.97. The van der Waals surface area contributed by atoms with Crippen LogP contribution in [0.1, 0.15) is 12.5 Å². The number of rotatable bonds is 8. The topological polar surface area (TPSA) is 65.9 Å². The molecule has 0 radical (unpaired) electrons. The molecule has 1 aromatic heterocycles. The Balaban J connectivity index is 1.90. The molecule has 2 rings (SSSR count). The minimum atomic E-state index is -0.0528. The minimum absolute atomic E-state index is 0.0528. The summed E-state index contributed by atoms with van der Waals surface area (Å²) in [5.41, 5.74) is 1.03. The second kappa shape index (κ2) is 9.74. The van der Waals surface area contributed by atoms with Crippen molar-refractivity contribution in [2.24, 2.45) is 0 Å². The summed E-state index contributed by atoms with van der Waals surface area (Å²) in [6, 6.07) is 0.290. The highest BCUT2D eigenvalue weighted by Gasteiger charge is 2.23. The highest BCUT2D eigenvalue weighted by Crippen LogP contribution is 2.07. The molecule has 1 N–H and O–H groups in total. The Morgan fingerprint density at radius 1 is 1.44 bits per heavy atom. The standard InChI is InChI=1S/C17H32N6O2/c1-5-23-13-15(10-19-23)12-22(8-9-25-4)17(24)18-11-16-14-20(2)6-7-21(16)3/h10,13,16H,5-9,11-12,14H2,1-4H3,(H,18,24). The Morgan fingerprint density at radius 3 is 2.92 bits per heavy atom. The molecule has 142 valence electrons. The Morgan fingerprint density at radius 2 is 2.24 bits per heavy atom. The van der Waals surface area contributed by atoms with Crippen LogP contribution in [0.25, 0.3) is 0 Å². The molecule has 1 aliphatic rings. The predicted octanol–water partition coefficient (Wildman–Crippen LogP) is 0.307. The average Bonchev–Trinajstić information content (AvgIpc) is 3.06. The number of carbonyl (C=O) groups is 1. The number of carbonyl (C=O) groups excluding carboxylic acids is 1. The smallest absolute Gasteiger partial charge is 0.317 e. The third-order valence-corrected chi connectivity index (χ3v) is 4.71. The summed E-state index contributed by atoms with van der Waals surface area (Å²) in [6.45, 7) is 8.20. The van der Waals surface area contributed by atoms with Crippen molar-refractivity contribution in [3.05, 3.63) is 18.0 Å². The van der Waals surface area contributed by atoms with Crippen LogP contribution in [0.3, 0.4) is 0 Å². The molecule has 1 aromatic rings. The zero-order chi connectivity index (χ0) is 18.2. The molecular weight excluding hydrogens is 320 g/mol. The number of amides is 2. The molecule has 0 spiro atoms. The summed E-state index contributed by atoms with van der Waals surface area (Å²) in [7, 11) is 5.89. The second-order valence-corrected chi connectivity index (χ2v) is 6.70. The van der Waals surface area contributed by atoms with E-state index in [1.165, 1.54) is 0 Å². The molecule has 8 nitrogen and oxygen atoms in total. The highest BCUT2D eigenvalue weighted by molar-refractivity contribution is 5.74. The van der Waals surface area contributed by atoms with Gasteiger partial charge in [0.1, 0.15) is 0 Å². The van der Waals surface area contributed by atoms with Crippen LogP contribution in [0.15, 0.2) is 12.4 Å². The van der Waals surface area contributed by atoms with E-state index < -0.39 is 0 Å². The molecule has 0 saturated carbocycles. The van der Waals surface area contributed by atoms with Gasteiger partial charge in [-0.2, -0.15) is 5.10 Å². The van der Waals surface area contributed by atoms with Crippen LogP contribution >= 0.6 is 0 Å². The number of nitrogens with one attached hydrogen (secondary N) is 1. The van der Waals surface area contributed by atoms with Gasteiger partial charge in [0, 0.05) is 64.2 Å². The first kappa shape index (κ1) is 19.7. The zero-order valence-electron chi connectivity index (χ0n) is 15.9. The molecule has 1 aliphatic heterocycles. The third kappa shape index (κ3) is 5.98. The summed E-state index contributed by atoms with van der Waals surface area (Å²) >= 11 is 0. The predicted molar refractivity (Wildman–Crippen MR) is 97.5 cm³/mol. The first-order valence-corrected chi connectivity index (χ1v) is 8.95. The maximum Gasteiger partial charge on any atom is 0.317 e. The number of piperazine rings is 1. The lowest BCUT2D eigenvalue weighted by Gasteiger charge is -2.38. The van der Waals surface area contributed by atoms with Crippen LogP contribution in [0.2, 0.25) is 0 Å². The van der Waals surface area contributed by atoms with Crippen molar-refractivity contribution < 1.29 is 9.53 Å². The molecule has 0 bridgehead atoms. The fraction of sp³-hybridized carbons (Fsp3) is 0.765. The number of urea groups is 1. The van der Waals surface area contributed by atoms with E-state index in [9.17, 15) is 4.79 Å². The lowest BCUT2D eigenvalue weighted by Crippen LogP contribution is -2.55. The van der Waals surface area contributed by atoms with Crippen LogP contribution in [-0.2, 0) is 17.8 Å². The van der Waals surface area contributed by atoms with Crippen LogP contribution < -0.4 is 5.32 Å². The van der Waals surface area contributed by atoms with Gasteiger partial charge in [0.05, 0.1) is 19.3 Å². The first-order chi connectivity index (χ1) is 12.0. The monoisotopic (exact) mass is 352 g/mol. The van der Waals surface area contributed by atoms with Crippen molar-refractivity contribution >= 4 is 6.03 Å². The fourth-order valence-corrected chi connectivity index (χ4v) is 2.97. The number of ether oxygens (including phenoxy) is 1. The summed E-state index contributed by atoms with van der Waals surface area (Å²) < 4.78 is 7.02. The zero-order valence-corrected chi connectivity index (χ0v) is 15.9. The van der Waals surface area contributed by atoms with Gasteiger partial charge in [-0.05, 0) is 21.0 Å². The van der Waals surface area contributed by atoms with Crippen molar-refractivity contribution in [3.63, 3.8) is 0 Å². The van der Waals surface area contributed by atoms with E-state index in [2.05, 4.69) is 34.3 Å². The summed E-state index contributed by atoms with van der Waals surface area (Å²) in [5, 5.41) is 7.37. The maximum absolute atomic E-state index is 12.7. The first-order valence-electron chi connectivity index (χ1n) is 8.95. The van der Waals surface area contributed by atoms with Gasteiger partial charge in [0.2, 0.25) is 0 Å². The average molecular weight is 352 g/mol. The number of aryl methyl sites for hydroxylation is 1. The van der Waals surface area contributed by atoms with Crippen LogP contribution in [0.5, 0.6) is 0 Å². The van der Waals surface area contributed by atoms with Gasteiger partial charge in [0.15, 0.2) is 0 Å². The summed E-state index contributed by atoms with van der Waals surface area (Å²) in [4.78, 5) is 19.1. The van der Waals surface area contributed by atoms with Gasteiger partial charge in [-0.1, -0.05) is 0 Å². The summed E-state index contributed by atoms with van der Waals surface area (Å²) in [5.74, 6) is 0. The van der Waals surface area contributed by atoms with Crippen molar-refractivity contribution in [1.29, 1.82) is 0 Å². The van der Waals surface area contributed by atoms with E-state index >= 15 is 0 Å². The van der Waals surface area contributed by atoms with Gasteiger partial charge >= 0.3 is 6.03 Å². The third-order valence-electron chi connectivity index (χ3n) is 4.71. The number of hydrogen-bond acceptors (Lipinski definition) is 5. The molecule has 1 unspecified atom stereocenters. The lowest BCUT2D eigenvalue weighted by atomic mass is 10.2. The quantitative estimate of drug-likeness (QED) is 0.729. The number of hydrogen-bond donors (Lipinski definition) is 1. The molecule has 1 saturated heterocycles. The molecule has 25 heavy (non-hydrogen) atoms. The lowest BCUT2D eigenvalue weighted by molar-refractivity contribution is 0.110. The Hall–Kier alpha value is -1.64. The van der Waals surface area contributed by atoms with Crippen LogP contribution in [-0.4, -0.2) is 97.1 Å². The van der Waals surface area contributed by atoms with Crippen molar-refractivity contribution in [3.8, 4) is 0 Å². The van der Waals surface area contributed by atoms with Gasteiger partial charge in [-0.3, -0.25) is 9.58 Å². The molecule has 0 aromatic carbocycles. The second-order valence-electron chi connectivity index (χ2n) is 6.70. The van der Waals surface area contributed by atoms with Crippen LogP contribution in [0, 0.1) is 0 Å². The van der Waals surface area contributed by atoms with Crippen LogP contribution in [0.4, 0.5) is 4.79 Å². The number of methoxy groups -OCH3 is 1. The van der Waals surface area contributed by atoms with E-state index in [1.54, 1.807) is 12.0 Å². The molecule has 2 heterocycles. The maximum atomic E-state index is 12.7. The van der Waals surface area contributed by atoms with Gasteiger partial charge in [-0.25, -0.2) is 4.79 Å².